The SMILES string of the molecule is CC(C(C(=O)NC=O)C(C)(C)C)C(C)(C)C. The van der Waals surface area contributed by atoms with Crippen molar-refractivity contribution in [3.05, 3.63) is 0 Å². The predicted molar refractivity (Wildman–Crippen MR) is 65.8 cm³/mol. The fourth-order valence-electron chi connectivity index (χ4n) is 2.02. The summed E-state index contributed by atoms with van der Waals surface area (Å²) in [5.41, 5.74) is -0.113. The van der Waals surface area contributed by atoms with Gasteiger partial charge in [-0.25, -0.2) is 0 Å². The highest BCUT2D eigenvalue weighted by molar-refractivity contribution is 5.88. The van der Waals surface area contributed by atoms with Gasteiger partial charge in [0.15, 0.2) is 0 Å². The third kappa shape index (κ3) is 3.95. The van der Waals surface area contributed by atoms with Crippen molar-refractivity contribution in [2.45, 2.75) is 48.5 Å². The van der Waals surface area contributed by atoms with Crippen molar-refractivity contribution in [1.82, 2.24) is 5.32 Å². The molecule has 94 valence electrons. The second-order valence-electron chi connectivity index (χ2n) is 6.62. The monoisotopic (exact) mass is 227 g/mol. The maximum Gasteiger partial charge on any atom is 0.230 e. The van der Waals surface area contributed by atoms with Crippen molar-refractivity contribution in [3.63, 3.8) is 0 Å². The second kappa shape index (κ2) is 4.98. The summed E-state index contributed by atoms with van der Waals surface area (Å²) in [5.74, 6) is -0.143. The van der Waals surface area contributed by atoms with Gasteiger partial charge in [0.25, 0.3) is 0 Å². The van der Waals surface area contributed by atoms with Crippen molar-refractivity contribution in [3.8, 4) is 0 Å². The molecule has 0 aromatic heterocycles. The molecule has 0 bridgehead atoms. The molecule has 3 heteroatoms. The van der Waals surface area contributed by atoms with Gasteiger partial charge >= 0.3 is 0 Å². The number of carbonyl (C=O) groups is 2. The van der Waals surface area contributed by atoms with Crippen LogP contribution in [-0.4, -0.2) is 12.3 Å². The Hall–Kier alpha value is -0.860. The molecule has 1 N–H and O–H groups in total. The van der Waals surface area contributed by atoms with Crippen molar-refractivity contribution in [1.29, 1.82) is 0 Å². The van der Waals surface area contributed by atoms with E-state index >= 15 is 0 Å². The van der Waals surface area contributed by atoms with Crippen LogP contribution >= 0.6 is 0 Å². The van der Waals surface area contributed by atoms with Crippen LogP contribution in [0.1, 0.15) is 48.5 Å². The number of nitrogens with one attached hydrogen (secondary N) is 1. The minimum atomic E-state index is -0.176. The van der Waals surface area contributed by atoms with Crippen LogP contribution in [0.2, 0.25) is 0 Å². The van der Waals surface area contributed by atoms with Gasteiger partial charge in [0.05, 0.1) is 0 Å². The van der Waals surface area contributed by atoms with Crippen LogP contribution in [0, 0.1) is 22.7 Å². The molecule has 2 unspecified atom stereocenters. The molecule has 2 amide bonds. The molecule has 0 aliphatic rings. The molecule has 0 radical (unpaired) electrons. The van der Waals surface area contributed by atoms with Crippen molar-refractivity contribution >= 4 is 12.3 Å². The lowest BCUT2D eigenvalue weighted by molar-refractivity contribution is -0.134. The second-order valence-corrected chi connectivity index (χ2v) is 6.62. The lowest BCUT2D eigenvalue weighted by Gasteiger charge is -2.40. The molecule has 0 spiro atoms. The van der Waals surface area contributed by atoms with Crippen LogP contribution < -0.4 is 5.32 Å². The highest BCUT2D eigenvalue weighted by atomic mass is 16.2. The first-order valence-corrected chi connectivity index (χ1v) is 5.76. The van der Waals surface area contributed by atoms with E-state index in [2.05, 4.69) is 33.0 Å². The minimum absolute atomic E-state index is 0.0399. The summed E-state index contributed by atoms with van der Waals surface area (Å²) in [6.07, 6.45) is 0.469. The van der Waals surface area contributed by atoms with Crippen LogP contribution in [0.5, 0.6) is 0 Å². The average molecular weight is 227 g/mol. The Morgan fingerprint density at radius 1 is 1.06 bits per heavy atom. The quantitative estimate of drug-likeness (QED) is 0.753. The zero-order valence-corrected chi connectivity index (χ0v) is 11.5. The lowest BCUT2D eigenvalue weighted by atomic mass is 9.65. The van der Waals surface area contributed by atoms with Gasteiger partial charge < -0.3 is 0 Å². The molecule has 3 nitrogen and oxygen atoms in total. The first kappa shape index (κ1) is 15.1. The first-order chi connectivity index (χ1) is 7.01. The molecule has 0 aromatic rings. The van der Waals surface area contributed by atoms with Crippen molar-refractivity contribution in [2.75, 3.05) is 0 Å². The van der Waals surface area contributed by atoms with E-state index < -0.39 is 0 Å². The van der Waals surface area contributed by atoms with E-state index in [0.29, 0.717) is 6.41 Å². The third-order valence-corrected chi connectivity index (χ3v) is 3.28. The van der Waals surface area contributed by atoms with Gasteiger partial charge in [-0.1, -0.05) is 48.5 Å². The highest BCUT2D eigenvalue weighted by Gasteiger charge is 2.40. The van der Waals surface area contributed by atoms with E-state index in [1.54, 1.807) is 0 Å². The molecule has 0 aliphatic heterocycles. The minimum Gasteiger partial charge on any atom is -0.299 e. The maximum absolute atomic E-state index is 11.9. The summed E-state index contributed by atoms with van der Waals surface area (Å²) >= 11 is 0. The van der Waals surface area contributed by atoms with Crippen LogP contribution in [0.3, 0.4) is 0 Å². The number of amides is 2. The number of carbonyl (C=O) groups excluding carboxylic acids is 2. The van der Waals surface area contributed by atoms with Gasteiger partial charge in [-0.3, -0.25) is 14.9 Å². The summed E-state index contributed by atoms with van der Waals surface area (Å²) in [4.78, 5) is 22.3. The normalized spacial score (nSPS) is 16.4. The molecular weight excluding hydrogens is 202 g/mol. The molecule has 0 aromatic carbocycles. The summed E-state index contributed by atoms with van der Waals surface area (Å²) < 4.78 is 0. The van der Waals surface area contributed by atoms with Crippen LogP contribution in [0.25, 0.3) is 0 Å². The van der Waals surface area contributed by atoms with E-state index in [0.717, 1.165) is 0 Å². The number of hydrogen-bond acceptors (Lipinski definition) is 2. The van der Waals surface area contributed by atoms with E-state index in [1.165, 1.54) is 0 Å². The Balaban J connectivity index is 5.11. The van der Waals surface area contributed by atoms with Gasteiger partial charge in [0, 0.05) is 5.92 Å². The van der Waals surface area contributed by atoms with Gasteiger partial charge in [-0.2, -0.15) is 0 Å². The zero-order valence-electron chi connectivity index (χ0n) is 11.5. The summed E-state index contributed by atoms with van der Waals surface area (Å²) in [7, 11) is 0. The van der Waals surface area contributed by atoms with E-state index in [9.17, 15) is 9.59 Å². The smallest absolute Gasteiger partial charge is 0.230 e. The Morgan fingerprint density at radius 3 is 1.75 bits per heavy atom. The van der Waals surface area contributed by atoms with Crippen LogP contribution in [0.4, 0.5) is 0 Å². The molecule has 0 saturated heterocycles. The van der Waals surface area contributed by atoms with E-state index in [1.807, 2.05) is 20.8 Å². The largest absolute Gasteiger partial charge is 0.299 e. The molecular formula is C13H25NO2. The van der Waals surface area contributed by atoms with Crippen molar-refractivity contribution < 1.29 is 9.59 Å². The fourth-order valence-corrected chi connectivity index (χ4v) is 2.02. The fraction of sp³-hybridized carbons (Fsp3) is 0.846. The topological polar surface area (TPSA) is 46.2 Å². The standard InChI is InChI=1S/C13H25NO2/c1-9(12(2,3)4)10(13(5,6)7)11(16)14-8-15/h8-10H,1-7H3,(H,14,15,16). The Morgan fingerprint density at radius 2 is 1.50 bits per heavy atom. The zero-order chi connectivity index (χ0) is 13.1. The van der Waals surface area contributed by atoms with Crippen molar-refractivity contribution in [2.24, 2.45) is 22.7 Å². The maximum atomic E-state index is 11.9. The number of rotatable bonds is 3. The number of hydrogen-bond donors (Lipinski definition) is 1. The van der Waals surface area contributed by atoms with Gasteiger partial charge in [-0.15, -0.1) is 0 Å². The Labute approximate surface area is 99.0 Å². The summed E-state index contributed by atoms with van der Waals surface area (Å²) in [6, 6.07) is 0. The van der Waals surface area contributed by atoms with E-state index in [4.69, 9.17) is 0 Å². The number of imide groups is 1. The van der Waals surface area contributed by atoms with E-state index in [-0.39, 0.29) is 28.6 Å². The molecule has 16 heavy (non-hydrogen) atoms. The Kier molecular flexibility index (Phi) is 4.71. The highest BCUT2D eigenvalue weighted by Crippen LogP contribution is 2.41. The third-order valence-electron chi connectivity index (χ3n) is 3.28. The lowest BCUT2D eigenvalue weighted by Crippen LogP contribution is -2.44. The van der Waals surface area contributed by atoms with Crippen LogP contribution in [0.15, 0.2) is 0 Å². The Bertz CT molecular complexity index is 258. The van der Waals surface area contributed by atoms with Gasteiger partial charge in [-0.05, 0) is 16.7 Å². The van der Waals surface area contributed by atoms with Gasteiger partial charge in [0.2, 0.25) is 12.3 Å². The summed E-state index contributed by atoms with van der Waals surface area (Å²) in [5, 5.41) is 2.29. The average Bonchev–Trinajstić information content (AvgIpc) is 1.99. The molecule has 0 saturated carbocycles. The van der Waals surface area contributed by atoms with Gasteiger partial charge in [0.1, 0.15) is 0 Å². The molecule has 0 heterocycles. The molecule has 0 fully saturated rings. The summed E-state index contributed by atoms with van der Waals surface area (Å²) in [6.45, 7) is 14.5. The van der Waals surface area contributed by atoms with Crippen LogP contribution in [-0.2, 0) is 9.59 Å². The first-order valence-electron chi connectivity index (χ1n) is 5.76. The predicted octanol–water partition coefficient (Wildman–Crippen LogP) is 2.60. The molecule has 2 atom stereocenters. The molecule has 0 rings (SSSR count). The molecule has 0 aliphatic carbocycles.